The summed E-state index contributed by atoms with van der Waals surface area (Å²) in [6.07, 6.45) is -4.21. The van der Waals surface area contributed by atoms with Crippen molar-refractivity contribution in [3.63, 3.8) is 0 Å². The van der Waals surface area contributed by atoms with Crippen LogP contribution in [-0.2, 0) is 24.1 Å². The Bertz CT molecular complexity index is 1210. The SMILES string of the molecule is CC(C)Oc1ccc(COc2ccc3c(c2)c(Cl)c2n3CCC2CC(=O)O)cc1C(F)(F)F.[CaH2]. The van der Waals surface area contributed by atoms with Gasteiger partial charge in [-0.15, -0.1) is 0 Å². The van der Waals surface area contributed by atoms with Crippen LogP contribution in [0.25, 0.3) is 10.9 Å². The maximum absolute atomic E-state index is 13.5. The van der Waals surface area contributed by atoms with E-state index in [4.69, 9.17) is 26.2 Å². The van der Waals surface area contributed by atoms with E-state index in [1.54, 1.807) is 32.0 Å². The van der Waals surface area contributed by atoms with Gasteiger partial charge in [-0.05, 0) is 56.2 Å². The third kappa shape index (κ3) is 5.61. The van der Waals surface area contributed by atoms with E-state index in [9.17, 15) is 18.0 Å². The van der Waals surface area contributed by atoms with Crippen molar-refractivity contribution in [1.29, 1.82) is 0 Å². The summed E-state index contributed by atoms with van der Waals surface area (Å²) in [6.45, 7) is 3.95. The molecule has 0 radical (unpaired) electrons. The molecule has 0 spiro atoms. The second-order valence-electron chi connectivity index (χ2n) is 8.40. The molecule has 0 saturated heterocycles. The summed E-state index contributed by atoms with van der Waals surface area (Å²) in [5.41, 5.74) is 1.20. The molecule has 0 saturated carbocycles. The predicted molar refractivity (Wildman–Crippen MR) is 127 cm³/mol. The van der Waals surface area contributed by atoms with E-state index >= 15 is 0 Å². The third-order valence-corrected chi connectivity index (χ3v) is 6.03. The van der Waals surface area contributed by atoms with Crippen molar-refractivity contribution in [3.8, 4) is 11.5 Å². The molecule has 4 rings (SSSR count). The minimum atomic E-state index is -4.55. The number of ether oxygens (including phenoxy) is 2. The van der Waals surface area contributed by atoms with Crippen molar-refractivity contribution in [3.05, 3.63) is 58.2 Å². The zero-order valence-electron chi connectivity index (χ0n) is 18.1. The van der Waals surface area contributed by atoms with E-state index in [0.717, 1.165) is 22.7 Å². The summed E-state index contributed by atoms with van der Waals surface area (Å²) in [5.74, 6) is -0.783. The molecule has 0 aliphatic carbocycles. The van der Waals surface area contributed by atoms with Crippen molar-refractivity contribution in [2.45, 2.75) is 58.0 Å². The van der Waals surface area contributed by atoms with E-state index in [1.165, 1.54) is 6.07 Å². The fraction of sp³-hybridized carbons (Fsp3) is 0.375. The molecule has 3 aromatic rings. The van der Waals surface area contributed by atoms with Crippen LogP contribution in [0.5, 0.6) is 11.5 Å². The molecule has 1 aliphatic rings. The molecule has 1 N–H and O–H groups in total. The summed E-state index contributed by atoms with van der Waals surface area (Å²) in [7, 11) is 0. The molecular weight excluding hydrogens is 499 g/mol. The van der Waals surface area contributed by atoms with Gasteiger partial charge in [0.25, 0.3) is 0 Å². The molecular formula is C24H25CaClF3NO4. The van der Waals surface area contributed by atoms with Crippen LogP contribution in [0.2, 0.25) is 5.02 Å². The summed E-state index contributed by atoms with van der Waals surface area (Å²) in [5, 5.41) is 10.4. The Kier molecular flexibility index (Phi) is 8.38. The van der Waals surface area contributed by atoms with Gasteiger partial charge < -0.3 is 19.1 Å². The molecule has 5 nitrogen and oxygen atoms in total. The quantitative estimate of drug-likeness (QED) is 0.402. The van der Waals surface area contributed by atoms with Gasteiger partial charge in [0.05, 0.1) is 28.6 Å². The van der Waals surface area contributed by atoms with E-state index < -0.39 is 17.7 Å². The number of aliphatic carboxylic acids is 1. The van der Waals surface area contributed by atoms with Crippen molar-refractivity contribution in [1.82, 2.24) is 4.57 Å². The van der Waals surface area contributed by atoms with Crippen LogP contribution in [0.15, 0.2) is 36.4 Å². The van der Waals surface area contributed by atoms with E-state index in [0.29, 0.717) is 29.3 Å². The van der Waals surface area contributed by atoms with Crippen LogP contribution in [0.4, 0.5) is 13.2 Å². The number of carboxylic acids is 1. The molecule has 1 aliphatic heterocycles. The molecule has 1 atom stereocenters. The molecule has 10 heteroatoms. The Labute approximate surface area is 229 Å². The number of hydrogen-bond acceptors (Lipinski definition) is 3. The first-order valence-electron chi connectivity index (χ1n) is 10.6. The molecule has 180 valence electrons. The first kappa shape index (κ1) is 27.0. The third-order valence-electron chi connectivity index (χ3n) is 5.64. The van der Waals surface area contributed by atoms with Crippen LogP contribution >= 0.6 is 11.6 Å². The first-order valence-corrected chi connectivity index (χ1v) is 11.0. The van der Waals surface area contributed by atoms with Gasteiger partial charge in [0.15, 0.2) is 0 Å². The Hall–Kier alpha value is -1.61. The monoisotopic (exact) mass is 523 g/mol. The van der Waals surface area contributed by atoms with E-state index in [2.05, 4.69) is 0 Å². The standard InChI is InChI=1S/C24H23ClF3NO4.Ca.2H/c1-13(2)33-20-6-3-14(9-18(20)24(26,27)28)12-32-16-4-5-19-17(11-16)22(25)23-15(10-21(30)31)7-8-29(19)23;;;/h3-6,9,11,13,15H,7-8,10,12H2,1-2H3,(H,30,31);;;. The van der Waals surface area contributed by atoms with Crippen molar-refractivity contribution in [2.24, 2.45) is 0 Å². The summed E-state index contributed by atoms with van der Waals surface area (Å²) in [4.78, 5) is 11.2. The van der Waals surface area contributed by atoms with Gasteiger partial charge in [-0.2, -0.15) is 13.2 Å². The molecule has 0 amide bonds. The summed E-state index contributed by atoms with van der Waals surface area (Å²) < 4.78 is 53.5. The zero-order valence-corrected chi connectivity index (χ0v) is 18.8. The van der Waals surface area contributed by atoms with Crippen LogP contribution < -0.4 is 9.47 Å². The summed E-state index contributed by atoms with van der Waals surface area (Å²) >= 11 is 6.59. The number of fused-ring (bicyclic) bond motifs is 3. The Morgan fingerprint density at radius 1 is 1.24 bits per heavy atom. The summed E-state index contributed by atoms with van der Waals surface area (Å²) in [6, 6.07) is 9.19. The van der Waals surface area contributed by atoms with Crippen LogP contribution in [0, 0.1) is 0 Å². The van der Waals surface area contributed by atoms with Crippen LogP contribution in [0.1, 0.15) is 49.4 Å². The van der Waals surface area contributed by atoms with Crippen LogP contribution in [0.3, 0.4) is 0 Å². The average molecular weight is 524 g/mol. The van der Waals surface area contributed by atoms with Gasteiger partial charge in [-0.3, -0.25) is 4.79 Å². The molecule has 0 fully saturated rings. The van der Waals surface area contributed by atoms with Gasteiger partial charge in [-0.1, -0.05) is 17.7 Å². The fourth-order valence-corrected chi connectivity index (χ4v) is 4.69. The number of nitrogens with zero attached hydrogens (tertiary/aromatic N) is 1. The van der Waals surface area contributed by atoms with Gasteiger partial charge in [0.2, 0.25) is 0 Å². The number of carboxylic acid groups (broad SMARTS) is 1. The number of halogens is 4. The van der Waals surface area contributed by atoms with Gasteiger partial charge >= 0.3 is 49.9 Å². The fourth-order valence-electron chi connectivity index (χ4n) is 4.29. The maximum atomic E-state index is 13.5. The number of alkyl halides is 3. The molecule has 1 unspecified atom stereocenters. The predicted octanol–water partition coefficient (Wildman–Crippen LogP) is 5.73. The number of rotatable bonds is 7. The average Bonchev–Trinajstić information content (AvgIpc) is 3.25. The van der Waals surface area contributed by atoms with Gasteiger partial charge in [-0.25, -0.2) is 0 Å². The number of hydrogen-bond donors (Lipinski definition) is 1. The van der Waals surface area contributed by atoms with Crippen molar-refractivity contribution < 1.29 is 32.5 Å². The topological polar surface area (TPSA) is 60.7 Å². The van der Waals surface area contributed by atoms with E-state index in [1.807, 2.05) is 10.6 Å². The Balaban J connectivity index is 0.00000324. The molecule has 0 bridgehead atoms. The number of carbonyl (C=O) groups is 1. The number of aryl methyl sites for hydroxylation is 1. The second kappa shape index (κ2) is 10.6. The first-order chi connectivity index (χ1) is 15.5. The molecule has 2 heterocycles. The Morgan fingerprint density at radius 2 is 1.97 bits per heavy atom. The van der Waals surface area contributed by atoms with E-state index in [-0.39, 0.29) is 68.5 Å². The minimum absolute atomic E-state index is 0. The van der Waals surface area contributed by atoms with Gasteiger partial charge in [0, 0.05) is 23.5 Å². The molecule has 1 aromatic heterocycles. The molecule has 34 heavy (non-hydrogen) atoms. The van der Waals surface area contributed by atoms with Crippen molar-refractivity contribution >= 4 is 66.2 Å². The number of aromatic nitrogens is 1. The zero-order chi connectivity index (χ0) is 23.9. The Morgan fingerprint density at radius 3 is 2.62 bits per heavy atom. The normalized spacial score (nSPS) is 15.3. The molecule has 2 aromatic carbocycles. The van der Waals surface area contributed by atoms with Gasteiger partial charge in [0.1, 0.15) is 18.1 Å². The number of benzene rings is 2. The second-order valence-corrected chi connectivity index (χ2v) is 8.77. The van der Waals surface area contributed by atoms with Crippen LogP contribution in [-0.4, -0.2) is 59.5 Å². The van der Waals surface area contributed by atoms with Crippen molar-refractivity contribution in [2.75, 3.05) is 0 Å².